The van der Waals surface area contributed by atoms with Gasteiger partial charge in [0, 0.05) is 56.6 Å². The number of carbonyl (C=O) groups excluding carboxylic acids is 3. The second kappa shape index (κ2) is 15.0. The summed E-state index contributed by atoms with van der Waals surface area (Å²) in [4.78, 5) is 41.4. The smallest absolute Gasteiger partial charge is 0.286 e. The number of nitrogens with one attached hydrogen (secondary N) is 1. The van der Waals surface area contributed by atoms with E-state index in [1.165, 1.54) is 28.0 Å². The number of fused-ring (bicyclic) bond motifs is 4. The molecule has 3 aromatic rings. The number of anilines is 1. The van der Waals surface area contributed by atoms with Gasteiger partial charge < -0.3 is 23.7 Å². The number of amides is 2. The summed E-state index contributed by atoms with van der Waals surface area (Å²) in [6, 6.07) is 12.8. The molecule has 282 valence electrons. The number of aldehydes is 1. The van der Waals surface area contributed by atoms with E-state index in [4.69, 9.17) is 25.8 Å². The number of hydrogen-bond acceptors (Lipinski definition) is 8. The van der Waals surface area contributed by atoms with Crippen LogP contribution in [0.3, 0.4) is 0 Å². The maximum Gasteiger partial charge on any atom is 0.286 e. The van der Waals surface area contributed by atoms with Crippen LogP contribution >= 0.6 is 11.6 Å². The molecule has 2 aromatic carbocycles. The Kier molecular flexibility index (Phi) is 10.6. The van der Waals surface area contributed by atoms with E-state index in [0.29, 0.717) is 31.1 Å². The molecule has 53 heavy (non-hydrogen) atoms. The predicted molar refractivity (Wildman–Crippen MR) is 204 cm³/mol. The number of hydrogen-bond donors (Lipinski definition) is 1. The Morgan fingerprint density at radius 3 is 2.62 bits per heavy atom. The van der Waals surface area contributed by atoms with Gasteiger partial charge in [0.2, 0.25) is 0 Å². The number of methoxy groups -OCH3 is 2. The second-order valence-corrected chi connectivity index (χ2v) is 17.5. The molecule has 2 amide bonds. The molecular weight excluding hydrogens is 716 g/mol. The van der Waals surface area contributed by atoms with E-state index in [1.807, 2.05) is 25.1 Å². The molecule has 2 bridgehead atoms. The summed E-state index contributed by atoms with van der Waals surface area (Å²) in [6.45, 7) is 3.72. The topological polar surface area (TPSA) is 129 Å². The first kappa shape index (κ1) is 37.3. The first-order valence-electron chi connectivity index (χ1n) is 18.2. The molecule has 2 aliphatic heterocycles. The molecular formula is C40H47ClN4O7S. The molecule has 3 heterocycles. The van der Waals surface area contributed by atoms with Crippen molar-refractivity contribution in [3.05, 3.63) is 93.8 Å². The van der Waals surface area contributed by atoms with Gasteiger partial charge in [-0.05, 0) is 97.4 Å². The molecule has 7 atom stereocenters. The van der Waals surface area contributed by atoms with Crippen molar-refractivity contribution in [2.45, 2.75) is 56.7 Å². The van der Waals surface area contributed by atoms with Gasteiger partial charge >= 0.3 is 0 Å². The van der Waals surface area contributed by atoms with Gasteiger partial charge in [-0.1, -0.05) is 36.7 Å². The molecule has 1 spiro atoms. The second-order valence-electron chi connectivity index (χ2n) is 15.1. The minimum Gasteiger partial charge on any atom is -0.490 e. The van der Waals surface area contributed by atoms with Crippen molar-refractivity contribution in [2.24, 2.45) is 29.2 Å². The highest BCUT2D eigenvalue weighted by Gasteiger charge is 2.44. The lowest BCUT2D eigenvalue weighted by Gasteiger charge is -2.46. The lowest BCUT2D eigenvalue weighted by Crippen LogP contribution is -2.49. The summed E-state index contributed by atoms with van der Waals surface area (Å²) >= 11 is 6.46. The minimum absolute atomic E-state index is 0.124. The third kappa shape index (κ3) is 7.43. The van der Waals surface area contributed by atoms with Crippen LogP contribution < -0.4 is 14.4 Å². The van der Waals surface area contributed by atoms with Crippen molar-refractivity contribution in [3.63, 3.8) is 0 Å². The average Bonchev–Trinajstić information content (AvgIpc) is 3.44. The number of carbonyl (C=O) groups is 3. The normalized spacial score (nSPS) is 30.5. The number of halogens is 1. The molecule has 11 nitrogen and oxygen atoms in total. The van der Waals surface area contributed by atoms with E-state index >= 15 is 0 Å². The van der Waals surface area contributed by atoms with Gasteiger partial charge in [0.15, 0.2) is 6.29 Å². The zero-order valence-electron chi connectivity index (χ0n) is 30.6. The highest BCUT2D eigenvalue weighted by atomic mass is 35.5. The summed E-state index contributed by atoms with van der Waals surface area (Å²) in [5.74, 6) is -0.786. The van der Waals surface area contributed by atoms with Gasteiger partial charge in [0.25, 0.3) is 11.8 Å². The number of benzene rings is 2. The van der Waals surface area contributed by atoms with Crippen LogP contribution in [-0.4, -0.2) is 78.8 Å². The van der Waals surface area contributed by atoms with Crippen LogP contribution in [0.1, 0.15) is 74.9 Å². The summed E-state index contributed by atoms with van der Waals surface area (Å²) in [6.07, 6.45) is 10.3. The molecule has 13 heteroatoms. The highest BCUT2D eigenvalue weighted by molar-refractivity contribution is 7.92. The third-order valence-corrected chi connectivity index (χ3v) is 13.8. The first-order chi connectivity index (χ1) is 25.4. The Morgan fingerprint density at radius 1 is 1.11 bits per heavy atom. The fraction of sp³-hybridized carbons (Fsp3) is 0.475. The number of nitrogens with zero attached hydrogens (tertiary/aromatic N) is 3. The molecule has 1 saturated carbocycles. The van der Waals surface area contributed by atoms with Crippen molar-refractivity contribution < 1.29 is 32.8 Å². The minimum atomic E-state index is -3.72. The first-order valence-corrected chi connectivity index (χ1v) is 20.3. The molecule has 1 fully saturated rings. The molecule has 7 rings (SSSR count). The summed E-state index contributed by atoms with van der Waals surface area (Å²) < 4.78 is 41.6. The van der Waals surface area contributed by atoms with Crippen molar-refractivity contribution in [3.8, 4) is 5.75 Å². The van der Waals surface area contributed by atoms with Crippen LogP contribution in [0.5, 0.6) is 5.75 Å². The average molecular weight is 763 g/mol. The molecule has 1 N–H and O–H groups in total. The van der Waals surface area contributed by atoms with E-state index in [9.17, 15) is 18.6 Å². The van der Waals surface area contributed by atoms with Crippen LogP contribution in [0.15, 0.2) is 65.2 Å². The zero-order valence-corrected chi connectivity index (χ0v) is 32.2. The fourth-order valence-corrected chi connectivity index (χ4v) is 10.7. The van der Waals surface area contributed by atoms with Gasteiger partial charge in [-0.2, -0.15) is 0 Å². The van der Waals surface area contributed by atoms with E-state index in [1.54, 1.807) is 39.5 Å². The van der Waals surface area contributed by atoms with Crippen LogP contribution in [0.25, 0.3) is 0 Å². The van der Waals surface area contributed by atoms with Crippen LogP contribution in [0.2, 0.25) is 5.02 Å². The van der Waals surface area contributed by atoms with Gasteiger partial charge in [-0.25, -0.2) is 4.21 Å². The molecule has 2 aliphatic carbocycles. The van der Waals surface area contributed by atoms with Crippen molar-refractivity contribution in [1.29, 1.82) is 0 Å². The Balaban J connectivity index is 1.32. The maximum atomic E-state index is 14.7. The Hall–Kier alpha value is -3.97. The largest absolute Gasteiger partial charge is 0.490 e. The summed E-state index contributed by atoms with van der Waals surface area (Å²) in [7, 11) is 1.21. The lowest BCUT2D eigenvalue weighted by molar-refractivity contribution is 0.0120. The van der Waals surface area contributed by atoms with Crippen LogP contribution in [0.4, 0.5) is 5.69 Å². The van der Waals surface area contributed by atoms with Crippen LogP contribution in [0, 0.1) is 17.8 Å². The number of ether oxygens (including phenoxy) is 3. The van der Waals surface area contributed by atoms with Crippen molar-refractivity contribution >= 4 is 45.3 Å². The maximum absolute atomic E-state index is 14.7. The summed E-state index contributed by atoms with van der Waals surface area (Å²) in [5, 5.41) is 0.721. The molecule has 0 unspecified atom stereocenters. The van der Waals surface area contributed by atoms with Gasteiger partial charge in [-0.15, -0.1) is 4.36 Å². The van der Waals surface area contributed by atoms with Crippen molar-refractivity contribution in [2.75, 3.05) is 44.6 Å². The number of aryl methyl sites for hydroxylation is 2. The van der Waals surface area contributed by atoms with E-state index in [0.717, 1.165) is 49.4 Å². The Morgan fingerprint density at radius 2 is 1.91 bits per heavy atom. The molecule has 0 saturated heterocycles. The zero-order chi connectivity index (χ0) is 37.5. The van der Waals surface area contributed by atoms with Gasteiger partial charge in [-0.3, -0.25) is 19.1 Å². The Labute approximate surface area is 316 Å². The van der Waals surface area contributed by atoms with Crippen molar-refractivity contribution in [1.82, 2.24) is 9.29 Å². The number of aromatic nitrogens is 1. The molecule has 4 aliphatic rings. The molecule has 0 radical (unpaired) electrons. The SMILES string of the molecule is CO[C@H]1/C=C/[C@H](OC)[C@H](C)C[S@@](=O)(NC(=O)c2cc(C=O)n(C)c2)=NC(=O)c2ccc3c(c2)N(C[C@@H]2CC[C@H]21)C[C@@]1(CCCc2cc(Cl)ccc21)CO3. The number of rotatable bonds is 5. The standard InChI is InChI=1S/C40H47ClN4O7S/c1-25-22-53(49,43-39(48)29-17-31(21-46)44(2)19-29)42-38(47)27-8-12-37-34(18-27)45(20-28-7-10-32(28)36(51-4)14-13-35(25)50-3)23-40(24-52-37)15-5-6-26-16-30(41)9-11-33(26)40/h8-9,11-14,16-19,21,25,28,32,35-36H,5-7,10,15,20,22-24H2,1-4H3,(H,42,43,47,48,49)/b14-13+/t25-,28+,32-,35+,36+,40+,53+/m1/s1. The lowest BCUT2D eigenvalue weighted by atomic mass is 9.68. The quantitative estimate of drug-likeness (QED) is 0.241. The van der Waals surface area contributed by atoms with Crippen LogP contribution in [-0.2, 0) is 38.3 Å². The van der Waals surface area contributed by atoms with Gasteiger partial charge in [0.05, 0.1) is 41.5 Å². The van der Waals surface area contributed by atoms with E-state index in [2.05, 4.69) is 26.1 Å². The van der Waals surface area contributed by atoms with Gasteiger partial charge in [0.1, 0.15) is 15.7 Å². The fourth-order valence-electron chi connectivity index (χ4n) is 8.67. The monoisotopic (exact) mass is 762 g/mol. The highest BCUT2D eigenvalue weighted by Crippen LogP contribution is 2.47. The third-order valence-electron chi connectivity index (χ3n) is 11.6. The predicted octanol–water partition coefficient (Wildman–Crippen LogP) is 6.18. The Bertz CT molecular complexity index is 2070. The summed E-state index contributed by atoms with van der Waals surface area (Å²) in [5.41, 5.74) is 3.60. The molecule has 1 aromatic heterocycles. The van der Waals surface area contributed by atoms with E-state index < -0.39 is 33.8 Å². The van der Waals surface area contributed by atoms with E-state index in [-0.39, 0.29) is 40.0 Å².